The zero-order valence-corrected chi connectivity index (χ0v) is 15.8. The molecule has 146 valence electrons. The van der Waals surface area contributed by atoms with E-state index in [0.717, 1.165) is 29.9 Å². The molecule has 6 nitrogen and oxygen atoms in total. The Bertz CT molecular complexity index is 817. The number of likely N-dealkylation sites (tertiary alicyclic amines) is 1. The van der Waals surface area contributed by atoms with Crippen molar-refractivity contribution in [2.45, 2.75) is 25.3 Å². The van der Waals surface area contributed by atoms with E-state index in [1.165, 1.54) is 0 Å². The largest absolute Gasteiger partial charge is 0.381 e. The van der Waals surface area contributed by atoms with Crippen molar-refractivity contribution in [2.75, 3.05) is 30.4 Å². The van der Waals surface area contributed by atoms with E-state index in [1.807, 2.05) is 59.5 Å². The minimum atomic E-state index is -0.294. The lowest BCUT2D eigenvalue weighted by atomic mass is 10.1. The number of hydrogen-bond acceptors (Lipinski definition) is 4. The Kier molecular flexibility index (Phi) is 5.58. The fraction of sp³-hybridized carbons (Fsp3) is 0.364. The second-order valence-electron chi connectivity index (χ2n) is 7.35. The highest BCUT2D eigenvalue weighted by molar-refractivity contribution is 5.97. The summed E-state index contributed by atoms with van der Waals surface area (Å²) in [5.74, 6) is -0.307. The van der Waals surface area contributed by atoms with Crippen LogP contribution in [-0.2, 0) is 14.3 Å². The summed E-state index contributed by atoms with van der Waals surface area (Å²) in [6, 6.07) is 17.7. The lowest BCUT2D eigenvalue weighted by Gasteiger charge is -2.31. The summed E-state index contributed by atoms with van der Waals surface area (Å²) in [6.07, 6.45) is 2.00. The molecule has 0 aliphatic carbocycles. The number of nitrogens with one attached hydrogen (secondary N) is 2. The molecule has 2 aliphatic rings. The fourth-order valence-electron chi connectivity index (χ4n) is 3.83. The molecule has 1 atom stereocenters. The van der Waals surface area contributed by atoms with Gasteiger partial charge in [0.2, 0.25) is 11.8 Å². The molecule has 2 aromatic rings. The lowest BCUT2D eigenvalue weighted by Crippen LogP contribution is -2.41. The molecule has 4 rings (SSSR count). The number of benzene rings is 2. The first-order chi connectivity index (χ1) is 13.7. The highest BCUT2D eigenvalue weighted by Crippen LogP contribution is 2.26. The van der Waals surface area contributed by atoms with Crippen LogP contribution < -0.4 is 10.6 Å². The second kappa shape index (κ2) is 8.44. The Morgan fingerprint density at radius 2 is 1.57 bits per heavy atom. The van der Waals surface area contributed by atoms with Gasteiger partial charge < -0.3 is 20.3 Å². The number of ether oxygens (including phenoxy) is 1. The summed E-state index contributed by atoms with van der Waals surface area (Å²) < 4.78 is 5.37. The summed E-state index contributed by atoms with van der Waals surface area (Å²) >= 11 is 0. The van der Waals surface area contributed by atoms with Crippen LogP contribution in [0, 0.1) is 5.92 Å². The summed E-state index contributed by atoms with van der Waals surface area (Å²) in [6.45, 7) is 1.88. The second-order valence-corrected chi connectivity index (χ2v) is 7.35. The average molecular weight is 379 g/mol. The topological polar surface area (TPSA) is 70.7 Å². The third kappa shape index (κ3) is 4.34. The van der Waals surface area contributed by atoms with Crippen LogP contribution in [0.2, 0.25) is 0 Å². The number of para-hydroxylation sites is 1. The molecule has 28 heavy (non-hydrogen) atoms. The van der Waals surface area contributed by atoms with Crippen molar-refractivity contribution in [1.82, 2.24) is 4.90 Å². The van der Waals surface area contributed by atoms with Crippen LogP contribution in [-0.4, -0.2) is 42.5 Å². The van der Waals surface area contributed by atoms with Gasteiger partial charge >= 0.3 is 0 Å². The Balaban J connectivity index is 1.33. The zero-order chi connectivity index (χ0) is 19.3. The number of carbonyl (C=O) groups excluding carboxylic acids is 2. The van der Waals surface area contributed by atoms with E-state index < -0.39 is 0 Å². The smallest absolute Gasteiger partial charge is 0.229 e. The number of amides is 2. The lowest BCUT2D eigenvalue weighted by molar-refractivity contribution is -0.131. The summed E-state index contributed by atoms with van der Waals surface area (Å²) in [4.78, 5) is 26.9. The SMILES string of the molecule is O=C(Nc1ccc(Nc2ccccc2)cc1)C1CC(=O)N(C2CCOCC2)C1. The summed E-state index contributed by atoms with van der Waals surface area (Å²) in [5.41, 5.74) is 2.70. The third-order valence-corrected chi connectivity index (χ3v) is 5.38. The maximum absolute atomic E-state index is 12.6. The van der Waals surface area contributed by atoms with Crippen molar-refractivity contribution < 1.29 is 14.3 Å². The monoisotopic (exact) mass is 379 g/mol. The molecular formula is C22H25N3O3. The first-order valence-corrected chi connectivity index (χ1v) is 9.79. The van der Waals surface area contributed by atoms with Crippen LogP contribution >= 0.6 is 0 Å². The molecule has 2 aromatic carbocycles. The van der Waals surface area contributed by atoms with Crippen molar-refractivity contribution in [2.24, 2.45) is 5.92 Å². The van der Waals surface area contributed by atoms with Crippen LogP contribution in [0.5, 0.6) is 0 Å². The molecular weight excluding hydrogens is 354 g/mol. The molecule has 0 bridgehead atoms. The van der Waals surface area contributed by atoms with Gasteiger partial charge in [0.1, 0.15) is 0 Å². The maximum Gasteiger partial charge on any atom is 0.229 e. The van der Waals surface area contributed by atoms with Crippen molar-refractivity contribution in [3.8, 4) is 0 Å². The fourth-order valence-corrected chi connectivity index (χ4v) is 3.83. The molecule has 1 unspecified atom stereocenters. The van der Waals surface area contributed by atoms with Crippen molar-refractivity contribution in [1.29, 1.82) is 0 Å². The van der Waals surface area contributed by atoms with Gasteiger partial charge in [-0.3, -0.25) is 9.59 Å². The molecule has 6 heteroatoms. The standard InChI is InChI=1S/C22H25N3O3/c26-21-14-16(15-25(21)20-10-12-28-13-11-20)22(27)24-19-8-6-18(7-9-19)23-17-4-2-1-3-5-17/h1-9,16,20,23H,10-15H2,(H,24,27). The summed E-state index contributed by atoms with van der Waals surface area (Å²) in [7, 11) is 0. The van der Waals surface area contributed by atoms with Gasteiger partial charge in [0, 0.05) is 49.3 Å². The zero-order valence-electron chi connectivity index (χ0n) is 15.8. The van der Waals surface area contributed by atoms with Gasteiger partial charge in [-0.05, 0) is 49.2 Å². The first kappa shape index (κ1) is 18.5. The summed E-state index contributed by atoms with van der Waals surface area (Å²) in [5, 5.41) is 6.26. The van der Waals surface area contributed by atoms with Gasteiger partial charge in [0.05, 0.1) is 5.92 Å². The highest BCUT2D eigenvalue weighted by atomic mass is 16.5. The molecule has 2 fully saturated rings. The van der Waals surface area contributed by atoms with Gasteiger partial charge in [-0.15, -0.1) is 0 Å². The van der Waals surface area contributed by atoms with E-state index in [-0.39, 0.29) is 30.2 Å². The predicted molar refractivity (Wildman–Crippen MR) is 108 cm³/mol. The average Bonchev–Trinajstić information content (AvgIpc) is 3.13. The van der Waals surface area contributed by atoms with Crippen LogP contribution in [0.4, 0.5) is 17.1 Å². The van der Waals surface area contributed by atoms with Gasteiger partial charge in [0.25, 0.3) is 0 Å². The molecule has 0 saturated carbocycles. The Hall–Kier alpha value is -2.86. The predicted octanol–water partition coefficient (Wildman–Crippen LogP) is 3.40. The molecule has 2 N–H and O–H groups in total. The Morgan fingerprint density at radius 3 is 2.29 bits per heavy atom. The molecule has 0 spiro atoms. The molecule has 2 heterocycles. The highest BCUT2D eigenvalue weighted by Gasteiger charge is 2.38. The number of carbonyl (C=O) groups is 2. The molecule has 0 radical (unpaired) electrons. The Labute approximate surface area is 164 Å². The molecule has 2 saturated heterocycles. The molecule has 0 aromatic heterocycles. The quantitative estimate of drug-likeness (QED) is 0.835. The number of hydrogen-bond donors (Lipinski definition) is 2. The van der Waals surface area contributed by atoms with Crippen molar-refractivity contribution in [3.05, 3.63) is 54.6 Å². The minimum absolute atomic E-state index is 0.0782. The number of nitrogens with zero attached hydrogens (tertiary/aromatic N) is 1. The van der Waals surface area contributed by atoms with E-state index in [1.54, 1.807) is 0 Å². The Morgan fingerprint density at radius 1 is 0.929 bits per heavy atom. The van der Waals surface area contributed by atoms with Crippen LogP contribution in [0.25, 0.3) is 0 Å². The van der Waals surface area contributed by atoms with Gasteiger partial charge in [-0.1, -0.05) is 18.2 Å². The van der Waals surface area contributed by atoms with Crippen molar-refractivity contribution in [3.63, 3.8) is 0 Å². The van der Waals surface area contributed by atoms with E-state index in [0.29, 0.717) is 19.8 Å². The van der Waals surface area contributed by atoms with E-state index in [2.05, 4.69) is 10.6 Å². The minimum Gasteiger partial charge on any atom is -0.381 e. The van der Waals surface area contributed by atoms with E-state index in [9.17, 15) is 9.59 Å². The van der Waals surface area contributed by atoms with Gasteiger partial charge in [-0.2, -0.15) is 0 Å². The van der Waals surface area contributed by atoms with Gasteiger partial charge in [-0.25, -0.2) is 0 Å². The maximum atomic E-state index is 12.6. The van der Waals surface area contributed by atoms with E-state index in [4.69, 9.17) is 4.74 Å². The van der Waals surface area contributed by atoms with Crippen molar-refractivity contribution >= 4 is 28.9 Å². The number of anilines is 3. The number of rotatable bonds is 5. The molecule has 2 amide bonds. The molecule has 2 aliphatic heterocycles. The van der Waals surface area contributed by atoms with Crippen LogP contribution in [0.1, 0.15) is 19.3 Å². The van der Waals surface area contributed by atoms with Gasteiger partial charge in [0.15, 0.2) is 0 Å². The third-order valence-electron chi connectivity index (χ3n) is 5.38. The normalized spacial score (nSPS) is 20.2. The van der Waals surface area contributed by atoms with E-state index >= 15 is 0 Å². The van der Waals surface area contributed by atoms with Crippen LogP contribution in [0.3, 0.4) is 0 Å². The van der Waals surface area contributed by atoms with Crippen LogP contribution in [0.15, 0.2) is 54.6 Å². The first-order valence-electron chi connectivity index (χ1n) is 9.79.